The van der Waals surface area contributed by atoms with Crippen LogP contribution in [0.15, 0.2) is 36.7 Å². The highest BCUT2D eigenvalue weighted by molar-refractivity contribution is 5.93. The molecule has 1 aromatic carbocycles. The molecule has 8 heteroatoms. The van der Waals surface area contributed by atoms with Crippen molar-refractivity contribution in [2.75, 3.05) is 19.5 Å². The summed E-state index contributed by atoms with van der Waals surface area (Å²) in [5.41, 5.74) is 6.28. The normalized spacial score (nSPS) is 9.96. The maximum absolute atomic E-state index is 11.7. The topological polar surface area (TPSA) is 116 Å². The lowest BCUT2D eigenvalue weighted by Crippen LogP contribution is -2.28. The van der Waals surface area contributed by atoms with Crippen LogP contribution in [0.2, 0.25) is 0 Å². The number of rotatable bonds is 6. The summed E-state index contributed by atoms with van der Waals surface area (Å²) in [6.45, 7) is -0.112. The molecule has 1 amide bonds. The van der Waals surface area contributed by atoms with E-state index < -0.39 is 18.5 Å². The second kappa shape index (κ2) is 7.74. The van der Waals surface area contributed by atoms with Crippen LogP contribution >= 0.6 is 0 Å². The highest BCUT2D eigenvalue weighted by Crippen LogP contribution is 2.11. The number of ether oxygens (including phenoxy) is 2. The Kier molecular flexibility index (Phi) is 5.45. The fourth-order valence-corrected chi connectivity index (χ4v) is 1.70. The third-order valence-electron chi connectivity index (χ3n) is 2.90. The van der Waals surface area contributed by atoms with Gasteiger partial charge in [0.2, 0.25) is 0 Å². The average Bonchev–Trinajstić information content (AvgIpc) is 2.58. The second-order valence-corrected chi connectivity index (χ2v) is 4.49. The fraction of sp³-hybridized carbons (Fsp3) is 0.200. The SMILES string of the molecule is COc1ccc(CNC(=O)COC(=O)c2nccnc2N)cc1. The number of aromatic nitrogens is 2. The van der Waals surface area contributed by atoms with Crippen molar-refractivity contribution in [1.82, 2.24) is 15.3 Å². The minimum Gasteiger partial charge on any atom is -0.497 e. The number of carbonyl (C=O) groups excluding carboxylic acids is 2. The number of methoxy groups -OCH3 is 1. The lowest BCUT2D eigenvalue weighted by molar-refractivity contribution is -0.124. The summed E-state index contributed by atoms with van der Waals surface area (Å²) in [6.07, 6.45) is 2.67. The zero-order chi connectivity index (χ0) is 16.7. The lowest BCUT2D eigenvalue weighted by atomic mass is 10.2. The van der Waals surface area contributed by atoms with E-state index in [0.29, 0.717) is 6.54 Å². The Balaban J connectivity index is 1.78. The molecule has 0 aliphatic carbocycles. The first-order chi connectivity index (χ1) is 11.1. The van der Waals surface area contributed by atoms with Gasteiger partial charge in [0.25, 0.3) is 5.91 Å². The Morgan fingerprint density at radius 1 is 1.17 bits per heavy atom. The summed E-state index contributed by atoms with van der Waals surface area (Å²) in [5, 5.41) is 2.63. The molecule has 0 fully saturated rings. The van der Waals surface area contributed by atoms with Gasteiger partial charge in [0.15, 0.2) is 18.1 Å². The number of esters is 1. The Bertz CT molecular complexity index is 688. The van der Waals surface area contributed by atoms with Gasteiger partial charge < -0.3 is 20.5 Å². The number of carbonyl (C=O) groups is 2. The van der Waals surface area contributed by atoms with Crippen LogP contribution in [0.4, 0.5) is 5.82 Å². The number of nitrogen functional groups attached to an aromatic ring is 1. The van der Waals surface area contributed by atoms with Gasteiger partial charge in [-0.15, -0.1) is 0 Å². The lowest BCUT2D eigenvalue weighted by Gasteiger charge is -2.07. The Morgan fingerprint density at radius 3 is 2.52 bits per heavy atom. The molecular formula is C15H16N4O4. The number of amides is 1. The van der Waals surface area contributed by atoms with Crippen molar-refractivity contribution >= 4 is 17.7 Å². The molecule has 2 aromatic rings. The van der Waals surface area contributed by atoms with Gasteiger partial charge in [0.05, 0.1) is 7.11 Å². The zero-order valence-electron chi connectivity index (χ0n) is 12.5. The van der Waals surface area contributed by atoms with E-state index in [4.69, 9.17) is 15.2 Å². The van der Waals surface area contributed by atoms with Crippen molar-refractivity contribution in [3.05, 3.63) is 47.9 Å². The standard InChI is InChI=1S/C15H16N4O4/c1-22-11-4-2-10(3-5-11)8-19-12(20)9-23-15(21)13-14(16)18-7-6-17-13/h2-7H,8-9H2,1H3,(H2,16,18)(H,19,20). The monoisotopic (exact) mass is 316 g/mol. The van der Waals surface area contributed by atoms with Gasteiger partial charge in [0, 0.05) is 18.9 Å². The number of nitrogens with two attached hydrogens (primary N) is 1. The van der Waals surface area contributed by atoms with Gasteiger partial charge in [-0.2, -0.15) is 0 Å². The average molecular weight is 316 g/mol. The molecule has 1 aromatic heterocycles. The molecule has 0 radical (unpaired) electrons. The summed E-state index contributed by atoms with van der Waals surface area (Å²) in [4.78, 5) is 30.9. The number of nitrogens with zero attached hydrogens (tertiary/aromatic N) is 2. The molecule has 0 aliphatic heterocycles. The largest absolute Gasteiger partial charge is 0.497 e. The molecule has 8 nitrogen and oxygen atoms in total. The maximum atomic E-state index is 11.7. The van der Waals surface area contributed by atoms with E-state index in [1.54, 1.807) is 19.2 Å². The molecule has 0 saturated carbocycles. The fourth-order valence-electron chi connectivity index (χ4n) is 1.70. The van der Waals surface area contributed by atoms with Crippen LogP contribution in [0.5, 0.6) is 5.75 Å². The van der Waals surface area contributed by atoms with Crippen molar-refractivity contribution in [3.8, 4) is 5.75 Å². The highest BCUT2D eigenvalue weighted by Gasteiger charge is 2.15. The van der Waals surface area contributed by atoms with E-state index in [1.165, 1.54) is 12.4 Å². The van der Waals surface area contributed by atoms with Crippen LogP contribution < -0.4 is 15.8 Å². The molecule has 23 heavy (non-hydrogen) atoms. The van der Waals surface area contributed by atoms with E-state index in [0.717, 1.165) is 11.3 Å². The quantitative estimate of drug-likeness (QED) is 0.747. The maximum Gasteiger partial charge on any atom is 0.361 e. The smallest absolute Gasteiger partial charge is 0.361 e. The molecule has 0 spiro atoms. The summed E-state index contributed by atoms with van der Waals surface area (Å²) in [7, 11) is 1.58. The van der Waals surface area contributed by atoms with E-state index >= 15 is 0 Å². The van der Waals surface area contributed by atoms with E-state index in [1.807, 2.05) is 12.1 Å². The van der Waals surface area contributed by atoms with Gasteiger partial charge in [-0.05, 0) is 17.7 Å². The summed E-state index contributed by atoms with van der Waals surface area (Å²) in [5.74, 6) is -0.543. The first-order valence-corrected chi connectivity index (χ1v) is 6.73. The van der Waals surface area contributed by atoms with Crippen molar-refractivity contribution < 1.29 is 19.1 Å². The Labute approximate surface area is 132 Å². The molecule has 1 heterocycles. The molecule has 0 unspecified atom stereocenters. The predicted octanol–water partition coefficient (Wildman–Crippen LogP) is 0.541. The highest BCUT2D eigenvalue weighted by atomic mass is 16.5. The summed E-state index contributed by atoms with van der Waals surface area (Å²) < 4.78 is 9.89. The third-order valence-corrected chi connectivity index (χ3v) is 2.90. The molecule has 0 atom stereocenters. The van der Waals surface area contributed by atoms with Crippen LogP contribution in [0.3, 0.4) is 0 Å². The van der Waals surface area contributed by atoms with Crippen LogP contribution in [0.25, 0.3) is 0 Å². The van der Waals surface area contributed by atoms with E-state index in [2.05, 4.69) is 15.3 Å². The van der Waals surface area contributed by atoms with Crippen molar-refractivity contribution in [2.45, 2.75) is 6.54 Å². The van der Waals surface area contributed by atoms with Gasteiger partial charge in [0.1, 0.15) is 5.75 Å². The first-order valence-electron chi connectivity index (χ1n) is 6.73. The first kappa shape index (κ1) is 16.2. The molecule has 0 aliphatic rings. The number of anilines is 1. The van der Waals surface area contributed by atoms with Crippen LogP contribution in [0, 0.1) is 0 Å². The van der Waals surface area contributed by atoms with E-state index in [9.17, 15) is 9.59 Å². The van der Waals surface area contributed by atoms with Crippen molar-refractivity contribution in [3.63, 3.8) is 0 Å². The summed E-state index contributed by atoms with van der Waals surface area (Å²) in [6, 6.07) is 7.23. The van der Waals surface area contributed by atoms with Crippen LogP contribution in [0.1, 0.15) is 16.1 Å². The number of hydrogen-bond donors (Lipinski definition) is 2. The van der Waals surface area contributed by atoms with Gasteiger partial charge in [-0.25, -0.2) is 14.8 Å². The molecule has 120 valence electrons. The number of nitrogens with one attached hydrogen (secondary N) is 1. The molecule has 0 bridgehead atoms. The molecular weight excluding hydrogens is 300 g/mol. The molecule has 0 saturated heterocycles. The Morgan fingerprint density at radius 2 is 1.87 bits per heavy atom. The number of benzene rings is 1. The van der Waals surface area contributed by atoms with E-state index in [-0.39, 0.29) is 11.5 Å². The van der Waals surface area contributed by atoms with Crippen LogP contribution in [-0.2, 0) is 16.1 Å². The third kappa shape index (κ3) is 4.67. The number of hydrogen-bond acceptors (Lipinski definition) is 7. The minimum absolute atomic E-state index is 0.0452. The molecule has 2 rings (SSSR count). The minimum atomic E-state index is -0.796. The van der Waals surface area contributed by atoms with Gasteiger partial charge >= 0.3 is 5.97 Å². The van der Waals surface area contributed by atoms with Gasteiger partial charge in [-0.3, -0.25) is 4.79 Å². The summed E-state index contributed by atoms with van der Waals surface area (Å²) >= 11 is 0. The van der Waals surface area contributed by atoms with Gasteiger partial charge in [-0.1, -0.05) is 12.1 Å². The van der Waals surface area contributed by atoms with Crippen LogP contribution in [-0.4, -0.2) is 35.6 Å². The molecule has 3 N–H and O–H groups in total. The van der Waals surface area contributed by atoms with Crippen molar-refractivity contribution in [2.24, 2.45) is 0 Å². The Hall–Kier alpha value is -3.16. The zero-order valence-corrected chi connectivity index (χ0v) is 12.5. The second-order valence-electron chi connectivity index (χ2n) is 4.49. The predicted molar refractivity (Wildman–Crippen MR) is 81.6 cm³/mol. The van der Waals surface area contributed by atoms with Crippen molar-refractivity contribution in [1.29, 1.82) is 0 Å².